The van der Waals surface area contributed by atoms with Gasteiger partial charge in [0.15, 0.2) is 0 Å². The van der Waals surface area contributed by atoms with Crippen LogP contribution in [0, 0.1) is 20.2 Å². The lowest BCUT2D eigenvalue weighted by molar-refractivity contribution is -0.385. The van der Waals surface area contributed by atoms with Crippen molar-refractivity contribution in [2.75, 3.05) is 9.44 Å². The first-order valence-corrected chi connectivity index (χ1v) is 6.54. The van der Waals surface area contributed by atoms with Crippen LogP contribution in [0.5, 0.6) is 0 Å². The molecule has 0 aliphatic heterocycles. The lowest BCUT2D eigenvalue weighted by atomic mass is 10.3. The molecule has 0 saturated carbocycles. The molecule has 0 atom stereocenters. The minimum Gasteiger partial charge on any atom is -0.312 e. The second-order valence-electron chi connectivity index (χ2n) is 3.92. The van der Waals surface area contributed by atoms with E-state index in [4.69, 9.17) is 0 Å². The number of hydrogen-bond donors (Lipinski definition) is 2. The monoisotopic (exact) mass is 306 g/mol. The Morgan fingerprint density at radius 3 is 1.62 bits per heavy atom. The Kier molecular flexibility index (Phi) is 4.57. The highest BCUT2D eigenvalue weighted by Gasteiger charge is 2.07. The van der Waals surface area contributed by atoms with Gasteiger partial charge in [-0.2, -0.15) is 0 Å². The number of non-ortho nitro benzene ring substituents is 2. The molecule has 0 spiro atoms. The van der Waals surface area contributed by atoms with Crippen molar-refractivity contribution in [1.29, 1.82) is 0 Å². The zero-order valence-electron chi connectivity index (χ0n) is 10.6. The van der Waals surface area contributed by atoms with E-state index in [1.165, 1.54) is 24.3 Å². The molecule has 0 saturated heterocycles. The molecule has 0 amide bonds. The Morgan fingerprint density at radius 1 is 0.810 bits per heavy atom. The van der Waals surface area contributed by atoms with Crippen LogP contribution < -0.4 is 9.44 Å². The summed E-state index contributed by atoms with van der Waals surface area (Å²) in [4.78, 5) is 20.3. The number of hydrogen-bond acceptors (Lipinski definition) is 7. The summed E-state index contributed by atoms with van der Waals surface area (Å²) in [6.45, 7) is 0. The van der Waals surface area contributed by atoms with Crippen molar-refractivity contribution >= 4 is 34.9 Å². The summed E-state index contributed by atoms with van der Waals surface area (Å²) in [7, 11) is 0. The van der Waals surface area contributed by atoms with Crippen LogP contribution in [0.25, 0.3) is 0 Å². The summed E-state index contributed by atoms with van der Waals surface area (Å²) < 4.78 is 5.74. The molecule has 8 nitrogen and oxygen atoms in total. The van der Waals surface area contributed by atoms with Crippen LogP contribution in [-0.4, -0.2) is 9.85 Å². The van der Waals surface area contributed by atoms with E-state index < -0.39 is 9.85 Å². The minimum absolute atomic E-state index is 0.0176. The summed E-state index contributed by atoms with van der Waals surface area (Å²) in [6.07, 6.45) is 0. The quantitative estimate of drug-likeness (QED) is 0.476. The molecule has 0 aliphatic rings. The van der Waals surface area contributed by atoms with Crippen LogP contribution in [0.1, 0.15) is 0 Å². The average Bonchev–Trinajstić information content (AvgIpc) is 2.48. The largest absolute Gasteiger partial charge is 0.312 e. The molecule has 2 aromatic carbocycles. The van der Waals surface area contributed by atoms with Gasteiger partial charge in [0, 0.05) is 24.3 Å². The van der Waals surface area contributed by atoms with Gasteiger partial charge in [-0.05, 0) is 12.1 Å². The third-order valence-corrected chi connectivity index (χ3v) is 3.13. The van der Waals surface area contributed by atoms with Gasteiger partial charge < -0.3 is 9.44 Å². The van der Waals surface area contributed by atoms with Crippen molar-refractivity contribution < 1.29 is 9.85 Å². The topological polar surface area (TPSA) is 110 Å². The first kappa shape index (κ1) is 14.6. The van der Waals surface area contributed by atoms with Gasteiger partial charge in [0.1, 0.15) is 0 Å². The number of nitro groups is 2. The van der Waals surface area contributed by atoms with E-state index in [1.54, 1.807) is 24.3 Å². The summed E-state index contributed by atoms with van der Waals surface area (Å²) in [5.41, 5.74) is 1.06. The van der Waals surface area contributed by atoms with E-state index in [2.05, 4.69) is 9.44 Å². The molecule has 0 fully saturated rings. The van der Waals surface area contributed by atoms with E-state index in [0.717, 1.165) is 12.1 Å². The highest BCUT2D eigenvalue weighted by Crippen LogP contribution is 2.22. The summed E-state index contributed by atoms with van der Waals surface area (Å²) in [5, 5.41) is 21.3. The van der Waals surface area contributed by atoms with E-state index in [1.807, 2.05) is 0 Å². The van der Waals surface area contributed by atoms with Gasteiger partial charge >= 0.3 is 0 Å². The van der Waals surface area contributed by atoms with Gasteiger partial charge in [0.25, 0.3) is 11.4 Å². The van der Waals surface area contributed by atoms with Crippen LogP contribution >= 0.6 is 12.1 Å². The molecule has 2 aromatic rings. The number of nitrogens with zero attached hydrogens (tertiary/aromatic N) is 2. The Bertz CT molecular complexity index is 622. The van der Waals surface area contributed by atoms with Crippen molar-refractivity contribution in [3.8, 4) is 0 Å². The third kappa shape index (κ3) is 4.08. The van der Waals surface area contributed by atoms with Gasteiger partial charge in [-0.3, -0.25) is 20.2 Å². The smallest absolute Gasteiger partial charge is 0.271 e. The van der Waals surface area contributed by atoms with E-state index in [-0.39, 0.29) is 11.4 Å². The molecule has 9 heteroatoms. The molecule has 0 heterocycles. The van der Waals surface area contributed by atoms with Crippen molar-refractivity contribution in [3.63, 3.8) is 0 Å². The number of rotatable bonds is 6. The lowest BCUT2D eigenvalue weighted by Gasteiger charge is -2.07. The molecule has 2 rings (SSSR count). The van der Waals surface area contributed by atoms with Crippen LogP contribution in [0.4, 0.5) is 22.7 Å². The van der Waals surface area contributed by atoms with Crippen LogP contribution in [-0.2, 0) is 0 Å². The first-order valence-electron chi connectivity index (χ1n) is 5.73. The molecular formula is C12H10N4O4S. The maximum absolute atomic E-state index is 10.6. The summed E-state index contributed by atoms with van der Waals surface area (Å²) >= 11 is 1.06. The number of anilines is 2. The lowest BCUT2D eigenvalue weighted by Crippen LogP contribution is -1.96. The predicted octanol–water partition coefficient (Wildman–Crippen LogP) is 3.59. The van der Waals surface area contributed by atoms with Crippen LogP contribution in [0.3, 0.4) is 0 Å². The van der Waals surface area contributed by atoms with Crippen molar-refractivity contribution in [1.82, 2.24) is 0 Å². The van der Waals surface area contributed by atoms with Crippen molar-refractivity contribution in [2.24, 2.45) is 0 Å². The van der Waals surface area contributed by atoms with Crippen molar-refractivity contribution in [2.45, 2.75) is 0 Å². The molecular weight excluding hydrogens is 296 g/mol. The fourth-order valence-corrected chi connectivity index (χ4v) is 2.05. The van der Waals surface area contributed by atoms with Gasteiger partial charge in [-0.1, -0.05) is 12.1 Å². The van der Waals surface area contributed by atoms with Gasteiger partial charge in [-0.25, -0.2) is 0 Å². The second-order valence-corrected chi connectivity index (χ2v) is 4.53. The fraction of sp³-hybridized carbons (Fsp3) is 0. The maximum atomic E-state index is 10.6. The average molecular weight is 306 g/mol. The Labute approximate surface area is 123 Å². The maximum Gasteiger partial charge on any atom is 0.271 e. The van der Waals surface area contributed by atoms with Crippen LogP contribution in [0.2, 0.25) is 0 Å². The SMILES string of the molecule is O=[N+]([O-])c1cccc(NSNc2cccc([N+](=O)[O-])c2)c1. The molecule has 0 aromatic heterocycles. The Morgan fingerprint density at radius 2 is 1.24 bits per heavy atom. The number of benzene rings is 2. The molecule has 0 unspecified atom stereocenters. The predicted molar refractivity (Wildman–Crippen MR) is 81.0 cm³/mol. The molecule has 0 radical (unpaired) electrons. The summed E-state index contributed by atoms with van der Waals surface area (Å²) in [6, 6.07) is 12.0. The van der Waals surface area contributed by atoms with E-state index in [9.17, 15) is 20.2 Å². The fourth-order valence-electron chi connectivity index (χ4n) is 1.51. The zero-order valence-corrected chi connectivity index (χ0v) is 11.4. The van der Waals surface area contributed by atoms with Crippen molar-refractivity contribution in [3.05, 3.63) is 68.8 Å². The highest BCUT2D eigenvalue weighted by molar-refractivity contribution is 8.01. The zero-order chi connectivity index (χ0) is 15.2. The standard InChI is InChI=1S/C12H10N4O4S/c17-15(18)11-5-1-3-9(7-11)13-21-14-10-4-2-6-12(8-10)16(19)20/h1-8,13-14H. The second kappa shape index (κ2) is 6.57. The third-order valence-electron chi connectivity index (χ3n) is 2.45. The van der Waals surface area contributed by atoms with E-state index in [0.29, 0.717) is 11.4 Å². The van der Waals surface area contributed by atoms with Gasteiger partial charge in [-0.15, -0.1) is 0 Å². The number of nitro benzene ring substituents is 2. The highest BCUT2D eigenvalue weighted by atomic mass is 32.2. The summed E-state index contributed by atoms with van der Waals surface area (Å²) in [5.74, 6) is 0. The van der Waals surface area contributed by atoms with E-state index >= 15 is 0 Å². The molecule has 0 aliphatic carbocycles. The molecule has 0 bridgehead atoms. The normalized spacial score (nSPS) is 9.90. The van der Waals surface area contributed by atoms with Gasteiger partial charge in [0.2, 0.25) is 0 Å². The Balaban J connectivity index is 1.95. The molecule has 21 heavy (non-hydrogen) atoms. The van der Waals surface area contributed by atoms with Gasteiger partial charge in [0.05, 0.1) is 33.4 Å². The Hall–Kier alpha value is -2.81. The molecule has 2 N–H and O–H groups in total. The number of nitrogens with one attached hydrogen (secondary N) is 2. The minimum atomic E-state index is -0.482. The van der Waals surface area contributed by atoms with Crippen LogP contribution in [0.15, 0.2) is 48.5 Å². The molecule has 108 valence electrons. The first-order chi connectivity index (χ1) is 10.1.